The van der Waals surface area contributed by atoms with Gasteiger partial charge in [-0.3, -0.25) is 0 Å². The topological polar surface area (TPSA) is 0 Å². The lowest BCUT2D eigenvalue weighted by atomic mass is 9.98. The largest absolute Gasteiger partial charge is 0.207 e. The van der Waals surface area contributed by atoms with E-state index in [9.17, 15) is 8.78 Å². The molecule has 0 N–H and O–H groups in total. The number of hydrogen-bond acceptors (Lipinski definition) is 0. The van der Waals surface area contributed by atoms with Crippen molar-refractivity contribution in [3.8, 4) is 11.1 Å². The van der Waals surface area contributed by atoms with E-state index in [1.807, 2.05) is 0 Å². The quantitative estimate of drug-likeness (QED) is 0.671. The van der Waals surface area contributed by atoms with E-state index in [4.69, 9.17) is 0 Å². The van der Waals surface area contributed by atoms with Crippen molar-refractivity contribution in [2.75, 3.05) is 0 Å². The molecular formula is C14H12F2. The van der Waals surface area contributed by atoms with Gasteiger partial charge in [-0.25, -0.2) is 8.78 Å². The molecular weight excluding hydrogens is 206 g/mol. The van der Waals surface area contributed by atoms with E-state index in [0.29, 0.717) is 22.3 Å². The Hall–Kier alpha value is -1.70. The van der Waals surface area contributed by atoms with Gasteiger partial charge >= 0.3 is 0 Å². The van der Waals surface area contributed by atoms with Gasteiger partial charge in [0.1, 0.15) is 11.6 Å². The van der Waals surface area contributed by atoms with Crippen LogP contribution in [0.15, 0.2) is 36.4 Å². The maximum Gasteiger partial charge on any atom is 0.133 e. The van der Waals surface area contributed by atoms with E-state index < -0.39 is 0 Å². The molecule has 2 aromatic rings. The number of rotatable bonds is 1. The van der Waals surface area contributed by atoms with Crippen LogP contribution in [-0.4, -0.2) is 0 Å². The SMILES string of the molecule is Cc1cccc(-c2cccc(F)c2C)c1F. The fraction of sp³-hybridized carbons (Fsp3) is 0.143. The summed E-state index contributed by atoms with van der Waals surface area (Å²) in [6, 6.07) is 9.86. The first-order valence-corrected chi connectivity index (χ1v) is 5.12. The average Bonchev–Trinajstić information content (AvgIpc) is 2.27. The van der Waals surface area contributed by atoms with Crippen LogP contribution in [0.25, 0.3) is 11.1 Å². The monoisotopic (exact) mass is 218 g/mol. The van der Waals surface area contributed by atoms with E-state index in [2.05, 4.69) is 0 Å². The minimum atomic E-state index is -0.307. The van der Waals surface area contributed by atoms with Crippen molar-refractivity contribution in [1.82, 2.24) is 0 Å². The van der Waals surface area contributed by atoms with Gasteiger partial charge in [0.25, 0.3) is 0 Å². The standard InChI is InChI=1S/C14H12F2/c1-9-5-3-7-12(14(9)16)11-6-4-8-13(15)10(11)2/h3-8H,1-2H3. The molecule has 0 aromatic heterocycles. The van der Waals surface area contributed by atoms with Crippen LogP contribution in [0.2, 0.25) is 0 Å². The van der Waals surface area contributed by atoms with Crippen molar-refractivity contribution in [2.45, 2.75) is 13.8 Å². The van der Waals surface area contributed by atoms with Gasteiger partial charge in [0.15, 0.2) is 0 Å². The van der Waals surface area contributed by atoms with Crippen molar-refractivity contribution >= 4 is 0 Å². The fourth-order valence-corrected chi connectivity index (χ4v) is 1.75. The molecule has 0 saturated carbocycles. The third kappa shape index (κ3) is 1.71. The van der Waals surface area contributed by atoms with Gasteiger partial charge in [-0.2, -0.15) is 0 Å². The zero-order valence-corrected chi connectivity index (χ0v) is 9.22. The molecule has 0 unspecified atom stereocenters. The Morgan fingerprint density at radius 1 is 0.812 bits per heavy atom. The highest BCUT2D eigenvalue weighted by Gasteiger charge is 2.11. The molecule has 0 radical (unpaired) electrons. The maximum absolute atomic E-state index is 13.9. The van der Waals surface area contributed by atoms with E-state index >= 15 is 0 Å². The van der Waals surface area contributed by atoms with Crippen molar-refractivity contribution in [3.05, 3.63) is 59.2 Å². The third-order valence-electron chi connectivity index (χ3n) is 2.75. The first-order chi connectivity index (χ1) is 7.61. The van der Waals surface area contributed by atoms with Crippen LogP contribution in [0.3, 0.4) is 0 Å². The lowest BCUT2D eigenvalue weighted by Gasteiger charge is -2.09. The highest BCUT2D eigenvalue weighted by atomic mass is 19.1. The molecule has 0 aliphatic rings. The predicted molar refractivity (Wildman–Crippen MR) is 61.3 cm³/mol. The molecule has 2 rings (SSSR count). The van der Waals surface area contributed by atoms with Gasteiger partial charge in [-0.05, 0) is 36.6 Å². The summed E-state index contributed by atoms with van der Waals surface area (Å²) in [6.07, 6.45) is 0. The maximum atomic E-state index is 13.9. The summed E-state index contributed by atoms with van der Waals surface area (Å²) in [5, 5.41) is 0. The van der Waals surface area contributed by atoms with Crippen LogP contribution in [0, 0.1) is 25.5 Å². The van der Waals surface area contributed by atoms with Crippen molar-refractivity contribution in [2.24, 2.45) is 0 Å². The Kier molecular flexibility index (Phi) is 2.73. The summed E-state index contributed by atoms with van der Waals surface area (Å²) in [7, 11) is 0. The molecule has 0 fully saturated rings. The fourth-order valence-electron chi connectivity index (χ4n) is 1.75. The molecule has 0 nitrogen and oxygen atoms in total. The van der Waals surface area contributed by atoms with Crippen LogP contribution >= 0.6 is 0 Å². The molecule has 82 valence electrons. The third-order valence-corrected chi connectivity index (χ3v) is 2.75. The first kappa shape index (κ1) is 10.8. The summed E-state index contributed by atoms with van der Waals surface area (Å²) < 4.78 is 27.3. The van der Waals surface area contributed by atoms with Crippen LogP contribution in [0.4, 0.5) is 8.78 Å². The smallest absolute Gasteiger partial charge is 0.133 e. The van der Waals surface area contributed by atoms with Crippen LogP contribution < -0.4 is 0 Å². The lowest BCUT2D eigenvalue weighted by Crippen LogP contribution is -1.92. The summed E-state index contributed by atoms with van der Waals surface area (Å²) in [5.74, 6) is -0.588. The van der Waals surface area contributed by atoms with Crippen molar-refractivity contribution in [3.63, 3.8) is 0 Å². The van der Waals surface area contributed by atoms with Crippen LogP contribution in [-0.2, 0) is 0 Å². The summed E-state index contributed by atoms with van der Waals surface area (Å²) in [5.41, 5.74) is 2.12. The van der Waals surface area contributed by atoms with Gasteiger partial charge in [0.05, 0.1) is 0 Å². The Bertz CT molecular complexity index is 481. The normalized spacial score (nSPS) is 10.5. The van der Waals surface area contributed by atoms with E-state index in [1.54, 1.807) is 44.2 Å². The zero-order valence-electron chi connectivity index (χ0n) is 9.22. The van der Waals surface area contributed by atoms with Gasteiger partial charge in [-0.1, -0.05) is 30.3 Å². The molecule has 0 aliphatic carbocycles. The number of aryl methyl sites for hydroxylation is 1. The summed E-state index contributed by atoms with van der Waals surface area (Å²) in [4.78, 5) is 0. The van der Waals surface area contributed by atoms with E-state index in [-0.39, 0.29) is 11.6 Å². The molecule has 0 heterocycles. The highest BCUT2D eigenvalue weighted by Crippen LogP contribution is 2.28. The van der Waals surface area contributed by atoms with Crippen molar-refractivity contribution < 1.29 is 8.78 Å². The molecule has 0 spiro atoms. The number of benzene rings is 2. The second-order valence-electron chi connectivity index (χ2n) is 3.85. The molecule has 0 atom stereocenters. The summed E-state index contributed by atoms with van der Waals surface area (Å²) >= 11 is 0. The first-order valence-electron chi connectivity index (χ1n) is 5.12. The number of hydrogen-bond donors (Lipinski definition) is 0. The minimum Gasteiger partial charge on any atom is -0.207 e. The predicted octanol–water partition coefficient (Wildman–Crippen LogP) is 4.25. The molecule has 0 bridgehead atoms. The average molecular weight is 218 g/mol. The minimum absolute atomic E-state index is 0.281. The van der Waals surface area contributed by atoms with Gasteiger partial charge in [-0.15, -0.1) is 0 Å². The second-order valence-corrected chi connectivity index (χ2v) is 3.85. The zero-order chi connectivity index (χ0) is 11.7. The van der Waals surface area contributed by atoms with Crippen molar-refractivity contribution in [1.29, 1.82) is 0 Å². The lowest BCUT2D eigenvalue weighted by molar-refractivity contribution is 0.614. The molecule has 2 heteroatoms. The Labute approximate surface area is 93.5 Å². The molecule has 0 amide bonds. The molecule has 16 heavy (non-hydrogen) atoms. The van der Waals surface area contributed by atoms with Gasteiger partial charge < -0.3 is 0 Å². The van der Waals surface area contributed by atoms with E-state index in [1.165, 1.54) is 6.07 Å². The van der Waals surface area contributed by atoms with Gasteiger partial charge in [0, 0.05) is 5.56 Å². The van der Waals surface area contributed by atoms with Crippen LogP contribution in [0.1, 0.15) is 11.1 Å². The second kappa shape index (κ2) is 4.05. The van der Waals surface area contributed by atoms with Crippen LogP contribution in [0.5, 0.6) is 0 Å². The molecule has 0 aliphatic heterocycles. The molecule has 0 saturated heterocycles. The molecule has 2 aromatic carbocycles. The Morgan fingerprint density at radius 2 is 1.44 bits per heavy atom. The van der Waals surface area contributed by atoms with E-state index in [0.717, 1.165) is 0 Å². The number of halogens is 2. The Morgan fingerprint density at radius 3 is 2.19 bits per heavy atom. The van der Waals surface area contributed by atoms with Gasteiger partial charge in [0.2, 0.25) is 0 Å². The highest BCUT2D eigenvalue weighted by molar-refractivity contribution is 5.68. The Balaban J connectivity index is 2.68. The summed E-state index contributed by atoms with van der Waals surface area (Å²) in [6.45, 7) is 3.36.